The molecule has 0 radical (unpaired) electrons. The zero-order valence-corrected chi connectivity index (χ0v) is 63.4. The summed E-state index contributed by atoms with van der Waals surface area (Å²) in [6.45, 7) is 45.8. The van der Waals surface area contributed by atoms with Crippen LogP contribution in [-0.4, -0.2) is 71.2 Å². The molecule has 10 rings (SSSR count). The second kappa shape index (κ2) is 38.6. The molecule has 0 saturated carbocycles. The van der Waals surface area contributed by atoms with Crippen molar-refractivity contribution in [2.45, 2.75) is 290 Å². The van der Waals surface area contributed by atoms with Crippen LogP contribution >= 0.6 is 0 Å². The van der Waals surface area contributed by atoms with E-state index in [1.165, 1.54) is 153 Å². The zero-order valence-electron chi connectivity index (χ0n) is 63.4. The molecule has 516 valence electrons. The van der Waals surface area contributed by atoms with Gasteiger partial charge >= 0.3 is 0 Å². The van der Waals surface area contributed by atoms with Crippen molar-refractivity contribution in [1.82, 2.24) is 14.4 Å². The first-order chi connectivity index (χ1) is 47.0. The highest BCUT2D eigenvalue weighted by molar-refractivity contribution is 6.80. The fourth-order valence-electron chi connectivity index (χ4n) is 17.8. The fraction of sp³-hybridized carbons (Fsp3) is 0.495. The van der Waals surface area contributed by atoms with Crippen LogP contribution in [0.3, 0.4) is 0 Å². The van der Waals surface area contributed by atoms with Gasteiger partial charge in [0.25, 0.3) is 20.5 Å². The third-order valence-electron chi connectivity index (χ3n) is 21.9. The van der Waals surface area contributed by atoms with Gasteiger partial charge in [-0.05, 0) is 181 Å². The summed E-state index contributed by atoms with van der Waals surface area (Å²) in [5.74, 6) is 2.84. The van der Waals surface area contributed by atoms with Crippen LogP contribution in [0.25, 0.3) is 22.0 Å². The summed E-state index contributed by atoms with van der Waals surface area (Å²) in [7, 11) is 0. The standard InChI is InChI=1S/C35H48BN.C31H46BN.C25H34BN/c1-7-9-11-13-19-29-25-35(33-23-17-15-21-31(29)33)36(37(26(3)4)27(5)6)34-24-28(18-12-10-8-2)30-20-14-16-22-32(30)34;1-7-9-11-13-16-26-20-21-28(22-26)32(33(24(3)4)25(5)6)31-23-27(17-12-10-8-2)29-18-14-15-19-30(29)31;1-6-7-8-13-21-18-25(24-17-12-11-16-23(21)24)26(22-14-9-10-15-22)27(19(2)3)20(4)5/h8,14-17,20-28,35H,2,7,9-13,18-19H2,1,3-6H3;8,14-15,18-25,27-28H,2,7,9-13,16-17H2,1,3-6H3;6,9-12,14-22H,1,7-8,13H2,2-5H3. The minimum atomic E-state index is 0.333. The van der Waals surface area contributed by atoms with Crippen molar-refractivity contribution in [2.75, 3.05) is 0 Å². The molecule has 0 fully saturated rings. The van der Waals surface area contributed by atoms with E-state index >= 15 is 0 Å². The molecule has 97 heavy (non-hydrogen) atoms. The summed E-state index contributed by atoms with van der Waals surface area (Å²) in [5.41, 5.74) is 19.7. The Kier molecular flexibility index (Phi) is 30.6. The first-order valence-electron chi connectivity index (χ1n) is 39.1. The predicted molar refractivity (Wildman–Crippen MR) is 435 cm³/mol. The van der Waals surface area contributed by atoms with Crippen LogP contribution in [0.4, 0.5) is 0 Å². The lowest BCUT2D eigenvalue weighted by Gasteiger charge is -2.40. The average Bonchev–Trinajstić information content (AvgIpc) is 1.63. The Labute approximate surface area is 595 Å². The molecular weight excluding hydrogens is 1170 g/mol. The molecule has 0 N–H and O–H groups in total. The average molecular weight is 1300 g/mol. The Morgan fingerprint density at radius 3 is 1.13 bits per heavy atom. The Hall–Kier alpha value is -5.91. The number of nitrogens with zero attached hydrogens (tertiary/aromatic N) is 3. The van der Waals surface area contributed by atoms with E-state index in [9.17, 15) is 0 Å². The second-order valence-electron chi connectivity index (χ2n) is 30.8. The van der Waals surface area contributed by atoms with Crippen molar-refractivity contribution in [1.29, 1.82) is 0 Å². The Bertz CT molecular complexity index is 3380. The lowest BCUT2D eigenvalue weighted by molar-refractivity contribution is 0.304. The van der Waals surface area contributed by atoms with Crippen LogP contribution in [0, 0.1) is 0 Å². The molecule has 0 spiro atoms. The van der Waals surface area contributed by atoms with Gasteiger partial charge in [-0.3, -0.25) is 0 Å². The highest BCUT2D eigenvalue weighted by Gasteiger charge is 2.45. The van der Waals surface area contributed by atoms with E-state index in [2.05, 4.69) is 307 Å². The summed E-state index contributed by atoms with van der Waals surface area (Å²) in [6.07, 6.45) is 56.9. The van der Waals surface area contributed by atoms with Gasteiger partial charge in [-0.1, -0.05) is 340 Å². The van der Waals surface area contributed by atoms with Gasteiger partial charge in [-0.25, -0.2) is 0 Å². The van der Waals surface area contributed by atoms with Gasteiger partial charge in [0.05, 0.1) is 0 Å². The molecule has 0 bridgehead atoms. The van der Waals surface area contributed by atoms with Crippen LogP contribution in [0.1, 0.15) is 287 Å². The molecule has 0 aliphatic heterocycles. The van der Waals surface area contributed by atoms with Gasteiger partial charge in [0.2, 0.25) is 0 Å². The van der Waals surface area contributed by atoms with Gasteiger partial charge in [-0.2, -0.15) is 0 Å². The van der Waals surface area contributed by atoms with Crippen LogP contribution in [0.15, 0.2) is 207 Å². The maximum atomic E-state index is 3.96. The van der Waals surface area contributed by atoms with E-state index in [1.54, 1.807) is 22.1 Å². The zero-order chi connectivity index (χ0) is 69.5. The summed E-state index contributed by atoms with van der Waals surface area (Å²) >= 11 is 0. The quantitative estimate of drug-likeness (QED) is 0.0253. The Balaban J connectivity index is 0.000000188. The number of rotatable bonds is 37. The third-order valence-corrected chi connectivity index (χ3v) is 21.9. The maximum absolute atomic E-state index is 3.96. The van der Waals surface area contributed by atoms with Gasteiger partial charge < -0.3 is 14.4 Å². The number of hydrogen-bond donors (Lipinski definition) is 0. The SMILES string of the molecule is C=CCCCC1C=C(B(C2C=C(CCCCCC)c3ccccc32)N(C(C)C)C(C)C)c2ccccc21.C=CCCCC1C=C(B(C2C=CC(CCCCCC)=C2)N(C(C)C)C(C)C)c2ccccc21.C=CCCCC1C=C(B(C2C=CC=C2)N(C(C)C)C(C)C)c2ccccc21. The molecule has 0 amide bonds. The lowest BCUT2D eigenvalue weighted by Crippen LogP contribution is -2.51. The molecule has 0 aromatic heterocycles. The maximum Gasteiger partial charge on any atom is 0.270 e. The van der Waals surface area contributed by atoms with Gasteiger partial charge in [0.1, 0.15) is 0 Å². The smallest absolute Gasteiger partial charge is 0.270 e. The third kappa shape index (κ3) is 19.6. The molecule has 6 aliphatic rings. The molecule has 4 aromatic carbocycles. The van der Waals surface area contributed by atoms with Crippen molar-refractivity contribution in [3.63, 3.8) is 0 Å². The first-order valence-corrected chi connectivity index (χ1v) is 39.1. The molecule has 0 heterocycles. The first kappa shape index (κ1) is 76.8. The molecule has 3 nitrogen and oxygen atoms in total. The highest BCUT2D eigenvalue weighted by atomic mass is 15.1. The van der Waals surface area contributed by atoms with E-state index in [4.69, 9.17) is 0 Å². The monoisotopic (exact) mass is 1300 g/mol. The van der Waals surface area contributed by atoms with Crippen LogP contribution < -0.4 is 0 Å². The topological polar surface area (TPSA) is 9.72 Å². The van der Waals surface area contributed by atoms with Gasteiger partial charge in [0, 0.05) is 23.6 Å². The van der Waals surface area contributed by atoms with E-state index in [0.717, 1.165) is 19.3 Å². The van der Waals surface area contributed by atoms with Crippen molar-refractivity contribution in [3.05, 3.63) is 252 Å². The normalized spacial score (nSPS) is 18.8. The minimum Gasteiger partial charge on any atom is -0.333 e. The molecule has 0 saturated heterocycles. The second-order valence-corrected chi connectivity index (χ2v) is 30.8. The van der Waals surface area contributed by atoms with Gasteiger partial charge in [0.15, 0.2) is 0 Å². The van der Waals surface area contributed by atoms with Gasteiger partial charge in [-0.15, -0.1) is 19.7 Å². The molecule has 5 unspecified atom stereocenters. The van der Waals surface area contributed by atoms with Crippen molar-refractivity contribution in [2.24, 2.45) is 0 Å². The Morgan fingerprint density at radius 2 is 0.732 bits per heavy atom. The predicted octanol–water partition coefficient (Wildman–Crippen LogP) is 25.5. The molecule has 5 atom stereocenters. The summed E-state index contributed by atoms with van der Waals surface area (Å²) in [5, 5.41) is 0. The van der Waals surface area contributed by atoms with Crippen molar-refractivity contribution < 1.29 is 0 Å². The minimum absolute atomic E-state index is 0.333. The van der Waals surface area contributed by atoms with Crippen molar-refractivity contribution in [3.8, 4) is 0 Å². The fourth-order valence-corrected chi connectivity index (χ4v) is 17.8. The highest BCUT2D eigenvalue weighted by Crippen LogP contribution is 2.50. The van der Waals surface area contributed by atoms with E-state index in [0.29, 0.717) is 92.0 Å². The number of fused-ring (bicyclic) bond motifs is 4. The number of benzene rings is 4. The number of unbranched alkanes of at least 4 members (excludes halogenated alkanes) is 9. The summed E-state index contributed by atoms with van der Waals surface area (Å²) < 4.78 is 0. The molecule has 6 aliphatic carbocycles. The van der Waals surface area contributed by atoms with E-state index < -0.39 is 0 Å². The van der Waals surface area contributed by atoms with Crippen LogP contribution in [0.5, 0.6) is 0 Å². The summed E-state index contributed by atoms with van der Waals surface area (Å²) in [4.78, 5) is 8.23. The summed E-state index contributed by atoms with van der Waals surface area (Å²) in [6, 6.07) is 39.7. The van der Waals surface area contributed by atoms with Crippen LogP contribution in [-0.2, 0) is 0 Å². The number of hydrogen-bond acceptors (Lipinski definition) is 3. The van der Waals surface area contributed by atoms with E-state index in [1.807, 2.05) is 6.08 Å². The number of allylic oxidation sites excluding steroid dienone is 16. The van der Waals surface area contributed by atoms with Crippen LogP contribution in [0.2, 0.25) is 11.6 Å². The molecule has 6 heteroatoms. The lowest BCUT2D eigenvalue weighted by atomic mass is 9.42. The Morgan fingerprint density at radius 1 is 0.371 bits per heavy atom. The van der Waals surface area contributed by atoms with E-state index in [-0.39, 0.29) is 0 Å². The van der Waals surface area contributed by atoms with Crippen molar-refractivity contribution >= 4 is 42.5 Å². The molecular formula is C91H128B3N3. The molecule has 4 aromatic rings. The largest absolute Gasteiger partial charge is 0.333 e.